The number of hydrogen-bond donors (Lipinski definition) is 1. The van der Waals surface area contributed by atoms with Crippen molar-refractivity contribution < 1.29 is 4.79 Å². The van der Waals surface area contributed by atoms with Gasteiger partial charge in [0.1, 0.15) is 5.82 Å². The van der Waals surface area contributed by atoms with Crippen molar-refractivity contribution in [3.8, 4) is 0 Å². The van der Waals surface area contributed by atoms with Crippen LogP contribution in [0.4, 0.5) is 0 Å². The predicted octanol–water partition coefficient (Wildman–Crippen LogP) is 2.36. The van der Waals surface area contributed by atoms with Crippen molar-refractivity contribution in [1.82, 2.24) is 15.1 Å². The van der Waals surface area contributed by atoms with Crippen LogP contribution in [0.3, 0.4) is 0 Å². The summed E-state index contributed by atoms with van der Waals surface area (Å²) < 4.78 is 0. The van der Waals surface area contributed by atoms with Gasteiger partial charge in [-0.1, -0.05) is 18.2 Å². The fourth-order valence-corrected chi connectivity index (χ4v) is 3.12. The largest absolute Gasteiger partial charge is 0.358 e. The molecule has 3 rings (SSSR count). The van der Waals surface area contributed by atoms with E-state index >= 15 is 0 Å². The summed E-state index contributed by atoms with van der Waals surface area (Å²) >= 11 is 0. The molecule has 2 aliphatic rings. The van der Waals surface area contributed by atoms with Crippen LogP contribution in [0.15, 0.2) is 48.8 Å². The summed E-state index contributed by atoms with van der Waals surface area (Å²) in [6.45, 7) is 8.48. The maximum atomic E-state index is 11.9. The van der Waals surface area contributed by atoms with Gasteiger partial charge in [0.25, 0.3) is 5.91 Å². The molecule has 1 amide bonds. The molecule has 2 heterocycles. The van der Waals surface area contributed by atoms with Crippen molar-refractivity contribution in [2.75, 3.05) is 26.2 Å². The van der Waals surface area contributed by atoms with Gasteiger partial charge in [-0.2, -0.15) is 0 Å². The Morgan fingerprint density at radius 1 is 1.23 bits per heavy atom. The van der Waals surface area contributed by atoms with Gasteiger partial charge in [-0.25, -0.2) is 0 Å². The van der Waals surface area contributed by atoms with Crippen LogP contribution in [0.5, 0.6) is 0 Å². The summed E-state index contributed by atoms with van der Waals surface area (Å²) in [4.78, 5) is 16.8. The molecule has 0 aromatic heterocycles. The molecular weight excluding hydrogens is 274 g/mol. The summed E-state index contributed by atoms with van der Waals surface area (Å²) in [6, 6.07) is 7.91. The molecule has 1 saturated heterocycles. The van der Waals surface area contributed by atoms with Crippen molar-refractivity contribution in [3.05, 3.63) is 59.9 Å². The zero-order valence-electron chi connectivity index (χ0n) is 12.9. The Kier molecular flexibility index (Phi) is 4.47. The van der Waals surface area contributed by atoms with E-state index in [1.165, 1.54) is 24.4 Å². The fourth-order valence-electron chi connectivity index (χ4n) is 3.12. The van der Waals surface area contributed by atoms with Crippen LogP contribution >= 0.6 is 0 Å². The van der Waals surface area contributed by atoms with Crippen molar-refractivity contribution >= 4 is 5.91 Å². The molecule has 0 atom stereocenters. The lowest BCUT2D eigenvalue weighted by Crippen LogP contribution is -2.40. The highest BCUT2D eigenvalue weighted by atomic mass is 16.1. The maximum Gasteiger partial charge on any atom is 0.251 e. The van der Waals surface area contributed by atoms with E-state index in [0.717, 1.165) is 26.1 Å². The van der Waals surface area contributed by atoms with Crippen LogP contribution in [-0.2, 0) is 6.54 Å². The number of fused-ring (bicyclic) bond motifs is 1. The lowest BCUT2D eigenvalue weighted by molar-refractivity contribution is 0.0958. The van der Waals surface area contributed by atoms with Crippen molar-refractivity contribution in [1.29, 1.82) is 0 Å². The van der Waals surface area contributed by atoms with E-state index < -0.39 is 0 Å². The Balaban J connectivity index is 1.63. The Labute approximate surface area is 132 Å². The van der Waals surface area contributed by atoms with Crippen LogP contribution in [0.25, 0.3) is 0 Å². The highest BCUT2D eigenvalue weighted by molar-refractivity contribution is 5.94. The van der Waals surface area contributed by atoms with Crippen molar-refractivity contribution in [3.63, 3.8) is 0 Å². The Hall–Kier alpha value is -2.23. The van der Waals surface area contributed by atoms with Crippen LogP contribution in [-0.4, -0.2) is 41.9 Å². The van der Waals surface area contributed by atoms with Gasteiger partial charge >= 0.3 is 0 Å². The van der Waals surface area contributed by atoms with Gasteiger partial charge in [-0.15, -0.1) is 6.58 Å². The zero-order chi connectivity index (χ0) is 15.4. The molecule has 4 heteroatoms. The number of nitrogens with one attached hydrogen (secondary N) is 1. The number of carbonyl (C=O) groups excluding carboxylic acids is 1. The third kappa shape index (κ3) is 3.16. The topological polar surface area (TPSA) is 35.6 Å². The van der Waals surface area contributed by atoms with E-state index in [4.69, 9.17) is 0 Å². The lowest BCUT2D eigenvalue weighted by atomic mass is 10.1. The van der Waals surface area contributed by atoms with Crippen LogP contribution in [0.2, 0.25) is 0 Å². The average molecular weight is 297 g/mol. The summed E-state index contributed by atoms with van der Waals surface area (Å²) in [5.74, 6) is 1.34. The maximum absolute atomic E-state index is 11.9. The van der Waals surface area contributed by atoms with E-state index in [1.807, 2.05) is 12.1 Å². The second kappa shape index (κ2) is 6.69. The normalized spacial score (nSPS) is 17.0. The Morgan fingerprint density at radius 2 is 2.05 bits per heavy atom. The lowest BCUT2D eigenvalue weighted by Gasteiger charge is -2.38. The zero-order valence-corrected chi connectivity index (χ0v) is 12.9. The molecule has 0 unspecified atom stereocenters. The Bertz CT molecular complexity index is 576. The van der Waals surface area contributed by atoms with E-state index in [1.54, 1.807) is 6.08 Å². The van der Waals surface area contributed by atoms with Gasteiger partial charge in [0.05, 0.1) is 0 Å². The third-order valence-corrected chi connectivity index (χ3v) is 4.23. The number of amides is 1. The second-order valence-electron chi connectivity index (χ2n) is 5.81. The minimum Gasteiger partial charge on any atom is -0.358 e. The quantitative estimate of drug-likeness (QED) is 0.848. The SMILES string of the molecule is C=CCNC(=O)c1ccc(CN2CCCN3CCC=C32)cc1. The molecule has 1 aromatic carbocycles. The summed E-state index contributed by atoms with van der Waals surface area (Å²) in [6.07, 6.45) is 6.41. The smallest absolute Gasteiger partial charge is 0.251 e. The van der Waals surface area contributed by atoms with Crippen LogP contribution < -0.4 is 5.32 Å². The molecule has 4 nitrogen and oxygen atoms in total. The third-order valence-electron chi connectivity index (χ3n) is 4.23. The predicted molar refractivity (Wildman–Crippen MR) is 88.3 cm³/mol. The number of benzene rings is 1. The highest BCUT2D eigenvalue weighted by Gasteiger charge is 2.24. The molecule has 0 radical (unpaired) electrons. The number of nitrogens with zero attached hydrogens (tertiary/aromatic N) is 2. The van der Waals surface area contributed by atoms with Gasteiger partial charge in [-0.05, 0) is 36.6 Å². The van der Waals surface area contributed by atoms with E-state index in [2.05, 4.69) is 39.9 Å². The first-order valence-electron chi connectivity index (χ1n) is 7.96. The number of rotatable bonds is 5. The first kappa shape index (κ1) is 14.7. The van der Waals surface area contributed by atoms with Crippen molar-refractivity contribution in [2.45, 2.75) is 19.4 Å². The molecule has 1 aromatic rings. The molecule has 1 N–H and O–H groups in total. The van der Waals surface area contributed by atoms with Crippen molar-refractivity contribution in [2.24, 2.45) is 0 Å². The van der Waals surface area contributed by atoms with Crippen LogP contribution in [0, 0.1) is 0 Å². The Morgan fingerprint density at radius 3 is 2.82 bits per heavy atom. The van der Waals surface area contributed by atoms with Gasteiger partial charge < -0.3 is 15.1 Å². The minimum absolute atomic E-state index is 0.0471. The van der Waals surface area contributed by atoms with Crippen LogP contribution in [0.1, 0.15) is 28.8 Å². The molecule has 0 spiro atoms. The fraction of sp³-hybridized carbons (Fsp3) is 0.389. The summed E-state index contributed by atoms with van der Waals surface area (Å²) in [7, 11) is 0. The molecule has 1 fully saturated rings. The van der Waals surface area contributed by atoms with Gasteiger partial charge in [0.2, 0.25) is 0 Å². The monoisotopic (exact) mass is 297 g/mol. The number of carbonyl (C=O) groups is 1. The second-order valence-corrected chi connectivity index (χ2v) is 5.81. The minimum atomic E-state index is -0.0471. The average Bonchev–Trinajstić information content (AvgIpc) is 3.03. The van der Waals surface area contributed by atoms with E-state index in [9.17, 15) is 4.79 Å². The first-order chi connectivity index (χ1) is 10.8. The molecule has 2 aliphatic heterocycles. The highest BCUT2D eigenvalue weighted by Crippen LogP contribution is 2.25. The summed E-state index contributed by atoms with van der Waals surface area (Å²) in [5, 5.41) is 2.80. The van der Waals surface area contributed by atoms with Gasteiger partial charge in [0.15, 0.2) is 0 Å². The summed E-state index contributed by atoms with van der Waals surface area (Å²) in [5.41, 5.74) is 1.95. The van der Waals surface area contributed by atoms with Gasteiger partial charge in [0, 0.05) is 38.3 Å². The van der Waals surface area contributed by atoms with Gasteiger partial charge in [-0.3, -0.25) is 4.79 Å². The standard InChI is InChI=1S/C18H23N3O/c1-2-10-19-18(22)16-8-6-15(7-9-16)14-21-13-4-12-20-11-3-5-17(20)21/h2,5-9H,1,3-4,10-14H2,(H,19,22). The van der Waals surface area contributed by atoms with E-state index in [0.29, 0.717) is 12.1 Å². The molecule has 0 saturated carbocycles. The molecular formula is C18H23N3O. The molecule has 22 heavy (non-hydrogen) atoms. The van der Waals surface area contributed by atoms with E-state index in [-0.39, 0.29) is 5.91 Å². The molecule has 0 bridgehead atoms. The molecule has 0 aliphatic carbocycles. The molecule has 116 valence electrons. The number of hydrogen-bond acceptors (Lipinski definition) is 3. The first-order valence-corrected chi connectivity index (χ1v) is 7.96.